The van der Waals surface area contributed by atoms with Crippen LogP contribution in [-0.2, 0) is 4.74 Å². The first-order chi connectivity index (χ1) is 10.3. The molecular formula is C16H22ClNO3. The Morgan fingerprint density at radius 1 is 1.14 bits per heavy atom. The number of nitrogens with one attached hydrogen (secondary N) is 1. The second-order valence-electron chi connectivity index (χ2n) is 5.61. The number of benzene rings is 1. The van der Waals surface area contributed by atoms with Gasteiger partial charge in [0, 0.05) is 36.1 Å². The molecule has 3 rings (SSSR count). The highest BCUT2D eigenvalue weighted by Gasteiger charge is 2.27. The molecule has 0 radical (unpaired) electrons. The fourth-order valence-corrected chi connectivity index (χ4v) is 3.38. The van der Waals surface area contributed by atoms with Gasteiger partial charge >= 0.3 is 0 Å². The molecule has 1 aromatic carbocycles. The summed E-state index contributed by atoms with van der Waals surface area (Å²) in [4.78, 5) is 0. The molecule has 21 heavy (non-hydrogen) atoms. The maximum absolute atomic E-state index is 6.49. The Hall–Kier alpha value is -0.970. The monoisotopic (exact) mass is 311 g/mol. The van der Waals surface area contributed by atoms with Gasteiger partial charge in [0.25, 0.3) is 0 Å². The molecule has 2 atom stereocenters. The van der Waals surface area contributed by atoms with Crippen LogP contribution >= 0.6 is 11.6 Å². The molecule has 0 aliphatic carbocycles. The van der Waals surface area contributed by atoms with Crippen LogP contribution in [0.1, 0.15) is 30.9 Å². The summed E-state index contributed by atoms with van der Waals surface area (Å²) in [6.45, 7) is 3.00. The number of fused-ring (bicyclic) bond motifs is 1. The van der Waals surface area contributed by atoms with Crippen LogP contribution in [0.4, 0.5) is 0 Å². The van der Waals surface area contributed by atoms with E-state index in [1.54, 1.807) is 0 Å². The quantitative estimate of drug-likeness (QED) is 0.930. The van der Waals surface area contributed by atoms with Gasteiger partial charge in [0.1, 0.15) is 0 Å². The summed E-state index contributed by atoms with van der Waals surface area (Å²) in [6.07, 6.45) is 3.15. The van der Waals surface area contributed by atoms with Gasteiger partial charge in [-0.25, -0.2) is 0 Å². The third-order valence-electron chi connectivity index (χ3n) is 4.18. The maximum atomic E-state index is 6.49. The van der Waals surface area contributed by atoms with E-state index >= 15 is 0 Å². The van der Waals surface area contributed by atoms with Gasteiger partial charge < -0.3 is 19.5 Å². The van der Waals surface area contributed by atoms with Gasteiger partial charge in [-0.05, 0) is 31.5 Å². The lowest BCUT2D eigenvalue weighted by atomic mass is 9.88. The Kier molecular flexibility index (Phi) is 4.88. The lowest BCUT2D eigenvalue weighted by Crippen LogP contribution is -2.31. The van der Waals surface area contributed by atoms with E-state index < -0.39 is 0 Å². The molecule has 0 bridgehead atoms. The minimum absolute atomic E-state index is 0.176. The van der Waals surface area contributed by atoms with Crippen molar-refractivity contribution in [3.8, 4) is 11.5 Å². The number of rotatable bonds is 3. The summed E-state index contributed by atoms with van der Waals surface area (Å²) >= 11 is 6.49. The Labute approximate surface area is 130 Å². The third kappa shape index (κ3) is 3.28. The lowest BCUT2D eigenvalue weighted by Gasteiger charge is -2.31. The molecule has 0 saturated carbocycles. The molecule has 116 valence electrons. The fourth-order valence-electron chi connectivity index (χ4n) is 3.11. The summed E-state index contributed by atoms with van der Waals surface area (Å²) in [5.74, 6) is 1.98. The molecule has 1 fully saturated rings. The van der Waals surface area contributed by atoms with Crippen molar-refractivity contribution in [3.63, 3.8) is 0 Å². The molecule has 2 aliphatic rings. The van der Waals surface area contributed by atoms with E-state index in [4.69, 9.17) is 25.8 Å². The molecule has 4 nitrogen and oxygen atoms in total. The van der Waals surface area contributed by atoms with Crippen molar-refractivity contribution in [2.45, 2.75) is 25.3 Å². The summed E-state index contributed by atoms with van der Waals surface area (Å²) in [6, 6.07) is 4.08. The van der Waals surface area contributed by atoms with Crippen LogP contribution in [0.2, 0.25) is 5.02 Å². The first-order valence-electron chi connectivity index (χ1n) is 7.63. The maximum Gasteiger partial charge on any atom is 0.162 e. The van der Waals surface area contributed by atoms with Crippen LogP contribution in [0, 0.1) is 5.92 Å². The van der Waals surface area contributed by atoms with Crippen molar-refractivity contribution in [3.05, 3.63) is 22.7 Å². The minimum Gasteiger partial charge on any atom is -0.490 e. The minimum atomic E-state index is 0.176. The molecule has 1 saturated heterocycles. The van der Waals surface area contributed by atoms with Gasteiger partial charge in [-0.1, -0.05) is 11.6 Å². The average Bonchev–Trinajstić information content (AvgIpc) is 2.74. The number of hydrogen-bond donors (Lipinski definition) is 1. The van der Waals surface area contributed by atoms with Crippen molar-refractivity contribution < 1.29 is 14.2 Å². The van der Waals surface area contributed by atoms with Crippen molar-refractivity contribution in [1.82, 2.24) is 5.32 Å². The van der Waals surface area contributed by atoms with Crippen molar-refractivity contribution in [1.29, 1.82) is 0 Å². The van der Waals surface area contributed by atoms with E-state index in [1.807, 2.05) is 19.2 Å². The summed E-state index contributed by atoms with van der Waals surface area (Å²) in [5.41, 5.74) is 1.07. The average molecular weight is 312 g/mol. The Morgan fingerprint density at radius 3 is 2.57 bits per heavy atom. The zero-order chi connectivity index (χ0) is 14.7. The van der Waals surface area contributed by atoms with E-state index in [2.05, 4.69) is 5.32 Å². The predicted octanol–water partition coefficient (Wildman–Crippen LogP) is 3.19. The molecule has 0 aromatic heterocycles. The topological polar surface area (TPSA) is 39.7 Å². The van der Waals surface area contributed by atoms with Crippen molar-refractivity contribution in [2.24, 2.45) is 5.92 Å². The molecule has 0 amide bonds. The van der Waals surface area contributed by atoms with E-state index in [-0.39, 0.29) is 6.04 Å². The first-order valence-corrected chi connectivity index (χ1v) is 8.01. The second-order valence-corrected chi connectivity index (χ2v) is 6.02. The van der Waals surface area contributed by atoms with E-state index in [0.29, 0.717) is 19.1 Å². The molecule has 2 unspecified atom stereocenters. The smallest absolute Gasteiger partial charge is 0.162 e. The highest BCUT2D eigenvalue weighted by atomic mass is 35.5. The molecule has 5 heteroatoms. The SMILES string of the molecule is CNC(c1cc2c(cc1Cl)OCCCO2)C1CCCOC1. The van der Waals surface area contributed by atoms with Gasteiger partial charge in [0.15, 0.2) is 11.5 Å². The molecule has 2 aliphatic heterocycles. The highest BCUT2D eigenvalue weighted by molar-refractivity contribution is 6.31. The van der Waals surface area contributed by atoms with E-state index in [9.17, 15) is 0 Å². The van der Waals surface area contributed by atoms with Gasteiger partial charge in [-0.2, -0.15) is 0 Å². The first kappa shape index (κ1) is 14.9. The van der Waals surface area contributed by atoms with Crippen LogP contribution in [-0.4, -0.2) is 33.5 Å². The molecule has 2 heterocycles. The van der Waals surface area contributed by atoms with Crippen molar-refractivity contribution >= 4 is 11.6 Å². The van der Waals surface area contributed by atoms with Crippen LogP contribution in [0.5, 0.6) is 11.5 Å². The molecule has 1 N–H and O–H groups in total. The van der Waals surface area contributed by atoms with Crippen LogP contribution in [0.25, 0.3) is 0 Å². The molecule has 1 aromatic rings. The molecule has 0 spiro atoms. The normalized spacial score (nSPS) is 23.4. The number of ether oxygens (including phenoxy) is 3. The van der Waals surface area contributed by atoms with E-state index in [1.165, 1.54) is 0 Å². The summed E-state index contributed by atoms with van der Waals surface area (Å²) in [5, 5.41) is 4.12. The zero-order valence-corrected chi connectivity index (χ0v) is 13.1. The predicted molar refractivity (Wildman–Crippen MR) is 82.4 cm³/mol. The summed E-state index contributed by atoms with van der Waals surface area (Å²) < 4.78 is 17.1. The second kappa shape index (κ2) is 6.86. The van der Waals surface area contributed by atoms with Gasteiger partial charge in [0.2, 0.25) is 0 Å². The van der Waals surface area contributed by atoms with Crippen LogP contribution in [0.15, 0.2) is 12.1 Å². The van der Waals surface area contributed by atoms with Gasteiger partial charge in [-0.15, -0.1) is 0 Å². The number of hydrogen-bond acceptors (Lipinski definition) is 4. The molecular weight excluding hydrogens is 290 g/mol. The van der Waals surface area contributed by atoms with Crippen LogP contribution in [0.3, 0.4) is 0 Å². The largest absolute Gasteiger partial charge is 0.490 e. The Balaban J connectivity index is 1.90. The Morgan fingerprint density at radius 2 is 1.90 bits per heavy atom. The summed E-state index contributed by atoms with van der Waals surface area (Å²) in [7, 11) is 1.97. The van der Waals surface area contributed by atoms with Gasteiger partial charge in [-0.3, -0.25) is 0 Å². The van der Waals surface area contributed by atoms with Crippen molar-refractivity contribution in [2.75, 3.05) is 33.5 Å². The van der Waals surface area contributed by atoms with Crippen LogP contribution < -0.4 is 14.8 Å². The van der Waals surface area contributed by atoms with E-state index in [0.717, 1.165) is 54.6 Å². The zero-order valence-electron chi connectivity index (χ0n) is 12.4. The Bertz CT molecular complexity index is 489. The third-order valence-corrected chi connectivity index (χ3v) is 4.51. The highest BCUT2D eigenvalue weighted by Crippen LogP contribution is 2.40. The fraction of sp³-hybridized carbons (Fsp3) is 0.625. The standard InChI is InChI=1S/C16H22ClNO3/c1-18-16(11-4-2-5-19-10-11)12-8-14-15(9-13(12)17)21-7-3-6-20-14/h8-9,11,16,18H,2-7,10H2,1H3. The lowest BCUT2D eigenvalue weighted by molar-refractivity contribution is 0.0402. The van der Waals surface area contributed by atoms with Gasteiger partial charge in [0.05, 0.1) is 19.8 Å². The number of halogens is 1.